The Hall–Kier alpha value is -2.15. The van der Waals surface area contributed by atoms with Gasteiger partial charge in [-0.05, 0) is 64.3 Å². The summed E-state index contributed by atoms with van der Waals surface area (Å²) in [5, 5.41) is 18.4. The standard InChI is InChI=1S/C24H35N5O3S/c1-24(2,3)33(31,32)18-11-9-17(10-12-18)27-22-21-20(13-14-26-23(21)30)29(28-22)19-8-6-4-5-7-16(19)15-25/h9-12,16,19-22,27-28H,4-8,13-14H2,1-3H3,(H,26,30)/t16-,19-,20?,21?,22?/m0/s1. The lowest BCUT2D eigenvalue weighted by Crippen LogP contribution is -2.53. The number of hydrogen-bond donors (Lipinski definition) is 3. The monoisotopic (exact) mass is 473 g/mol. The summed E-state index contributed by atoms with van der Waals surface area (Å²) in [6.45, 7) is 5.70. The maximum Gasteiger partial charge on any atom is 0.228 e. The molecule has 1 amide bonds. The van der Waals surface area contributed by atoms with Crippen molar-refractivity contribution in [2.24, 2.45) is 11.8 Å². The fourth-order valence-corrected chi connectivity index (χ4v) is 6.54. The zero-order chi connectivity index (χ0) is 23.8. The van der Waals surface area contributed by atoms with Gasteiger partial charge in [-0.15, -0.1) is 0 Å². The van der Waals surface area contributed by atoms with E-state index in [9.17, 15) is 18.5 Å². The first-order valence-electron chi connectivity index (χ1n) is 12.0. The molecule has 1 aromatic rings. The largest absolute Gasteiger partial charge is 0.368 e. The van der Waals surface area contributed by atoms with E-state index >= 15 is 0 Å². The Balaban J connectivity index is 1.56. The second kappa shape index (κ2) is 9.24. The highest BCUT2D eigenvalue weighted by Crippen LogP contribution is 2.36. The number of carbonyl (C=O) groups excluding carboxylic acids is 1. The van der Waals surface area contributed by atoms with Gasteiger partial charge in [0, 0.05) is 24.3 Å². The number of benzene rings is 1. The predicted molar refractivity (Wildman–Crippen MR) is 127 cm³/mol. The molecule has 4 rings (SSSR count). The van der Waals surface area contributed by atoms with Crippen molar-refractivity contribution in [2.45, 2.75) is 87.2 Å². The van der Waals surface area contributed by atoms with Crippen molar-refractivity contribution >= 4 is 21.4 Å². The molecule has 2 aliphatic heterocycles. The number of hydrogen-bond acceptors (Lipinski definition) is 7. The molecule has 3 fully saturated rings. The quantitative estimate of drug-likeness (QED) is 0.576. The summed E-state index contributed by atoms with van der Waals surface area (Å²) in [5.41, 5.74) is 4.28. The van der Waals surface area contributed by atoms with Gasteiger partial charge in [0.05, 0.1) is 27.5 Å². The Morgan fingerprint density at radius 1 is 1.06 bits per heavy atom. The van der Waals surface area contributed by atoms with E-state index < -0.39 is 14.6 Å². The van der Waals surface area contributed by atoms with Gasteiger partial charge in [-0.2, -0.15) is 5.26 Å². The Bertz CT molecular complexity index is 1010. The van der Waals surface area contributed by atoms with Crippen LogP contribution in [0, 0.1) is 23.2 Å². The maximum absolute atomic E-state index is 12.9. The molecule has 3 N–H and O–H groups in total. The molecule has 3 unspecified atom stereocenters. The molecule has 2 heterocycles. The number of nitrogens with one attached hydrogen (secondary N) is 3. The van der Waals surface area contributed by atoms with Gasteiger partial charge in [-0.3, -0.25) is 4.79 Å². The third-order valence-electron chi connectivity index (χ3n) is 7.26. The van der Waals surface area contributed by atoms with Crippen LogP contribution in [0.5, 0.6) is 0 Å². The number of amides is 1. The van der Waals surface area contributed by atoms with Gasteiger partial charge in [0.2, 0.25) is 5.91 Å². The third kappa shape index (κ3) is 4.61. The van der Waals surface area contributed by atoms with Crippen LogP contribution in [-0.2, 0) is 14.6 Å². The van der Waals surface area contributed by atoms with E-state index in [1.807, 2.05) is 0 Å². The third-order valence-corrected chi connectivity index (χ3v) is 9.76. The van der Waals surface area contributed by atoms with Gasteiger partial charge in [-0.25, -0.2) is 18.9 Å². The Morgan fingerprint density at radius 2 is 1.76 bits per heavy atom. The van der Waals surface area contributed by atoms with Crippen molar-refractivity contribution in [1.82, 2.24) is 15.8 Å². The number of nitrogens with zero attached hydrogens (tertiary/aromatic N) is 2. The van der Waals surface area contributed by atoms with Crippen molar-refractivity contribution in [3.05, 3.63) is 24.3 Å². The molecular weight excluding hydrogens is 438 g/mol. The molecule has 1 saturated carbocycles. The van der Waals surface area contributed by atoms with Crippen molar-refractivity contribution < 1.29 is 13.2 Å². The molecule has 3 aliphatic rings. The number of fused-ring (bicyclic) bond motifs is 1. The van der Waals surface area contributed by atoms with Crippen LogP contribution < -0.4 is 16.1 Å². The lowest BCUT2D eigenvalue weighted by molar-refractivity contribution is -0.128. The summed E-state index contributed by atoms with van der Waals surface area (Å²) >= 11 is 0. The van der Waals surface area contributed by atoms with Gasteiger partial charge >= 0.3 is 0 Å². The van der Waals surface area contributed by atoms with Crippen molar-refractivity contribution in [3.8, 4) is 6.07 Å². The zero-order valence-electron chi connectivity index (χ0n) is 19.7. The summed E-state index contributed by atoms with van der Waals surface area (Å²) in [6, 6.07) is 9.36. The lowest BCUT2D eigenvalue weighted by Gasteiger charge is -2.36. The van der Waals surface area contributed by atoms with Crippen LogP contribution in [0.4, 0.5) is 5.69 Å². The Kier molecular flexibility index (Phi) is 6.72. The van der Waals surface area contributed by atoms with E-state index in [-0.39, 0.29) is 40.9 Å². The van der Waals surface area contributed by atoms with Crippen LogP contribution in [0.15, 0.2) is 29.2 Å². The average molecular weight is 474 g/mol. The van der Waals surface area contributed by atoms with Gasteiger partial charge < -0.3 is 10.6 Å². The molecular formula is C24H35N5O3S. The summed E-state index contributed by atoms with van der Waals surface area (Å²) in [5.74, 6) is -0.335. The van der Waals surface area contributed by atoms with Crippen LogP contribution in [0.3, 0.4) is 0 Å². The van der Waals surface area contributed by atoms with Crippen LogP contribution in [0.25, 0.3) is 0 Å². The molecule has 1 aromatic carbocycles. The number of sulfone groups is 1. The molecule has 9 heteroatoms. The topological polar surface area (TPSA) is 114 Å². The molecule has 180 valence electrons. The van der Waals surface area contributed by atoms with Crippen LogP contribution in [-0.4, -0.2) is 48.9 Å². The second-order valence-corrected chi connectivity index (χ2v) is 13.1. The molecule has 0 spiro atoms. The average Bonchev–Trinajstić information content (AvgIpc) is 2.97. The molecule has 1 aliphatic carbocycles. The van der Waals surface area contributed by atoms with E-state index in [0.29, 0.717) is 6.54 Å². The zero-order valence-corrected chi connectivity index (χ0v) is 20.5. The summed E-state index contributed by atoms with van der Waals surface area (Å²) < 4.78 is 24.6. The first-order valence-corrected chi connectivity index (χ1v) is 13.4. The molecule has 2 saturated heterocycles. The van der Waals surface area contributed by atoms with Crippen molar-refractivity contribution in [2.75, 3.05) is 11.9 Å². The van der Waals surface area contributed by atoms with E-state index in [2.05, 4.69) is 27.1 Å². The molecule has 0 radical (unpaired) electrons. The summed E-state index contributed by atoms with van der Waals surface area (Å²) in [7, 11) is -3.43. The predicted octanol–water partition coefficient (Wildman–Crippen LogP) is 2.79. The molecule has 33 heavy (non-hydrogen) atoms. The van der Waals surface area contributed by atoms with E-state index in [1.54, 1.807) is 45.0 Å². The lowest BCUT2D eigenvalue weighted by atomic mass is 9.88. The minimum atomic E-state index is -3.43. The first-order chi connectivity index (χ1) is 15.6. The Morgan fingerprint density at radius 3 is 2.42 bits per heavy atom. The number of anilines is 1. The van der Waals surface area contributed by atoms with Gasteiger partial charge in [-0.1, -0.05) is 19.3 Å². The first kappa shape index (κ1) is 24.0. The highest BCUT2D eigenvalue weighted by Gasteiger charge is 2.50. The van der Waals surface area contributed by atoms with Crippen molar-refractivity contribution in [3.63, 3.8) is 0 Å². The highest BCUT2D eigenvalue weighted by atomic mass is 32.2. The maximum atomic E-state index is 12.9. The molecule has 5 atom stereocenters. The second-order valence-electron chi connectivity index (χ2n) is 10.4. The van der Waals surface area contributed by atoms with Gasteiger partial charge in [0.15, 0.2) is 9.84 Å². The van der Waals surface area contributed by atoms with E-state index in [1.165, 1.54) is 0 Å². The number of hydrazine groups is 1. The van der Waals surface area contributed by atoms with Crippen LogP contribution in [0.1, 0.15) is 59.3 Å². The van der Waals surface area contributed by atoms with Crippen molar-refractivity contribution in [1.29, 1.82) is 5.26 Å². The normalized spacial score (nSPS) is 31.2. The minimum absolute atomic E-state index is 0.00723. The smallest absolute Gasteiger partial charge is 0.228 e. The minimum Gasteiger partial charge on any atom is -0.368 e. The number of piperidine rings is 1. The van der Waals surface area contributed by atoms with Gasteiger partial charge in [0.25, 0.3) is 0 Å². The van der Waals surface area contributed by atoms with E-state index in [4.69, 9.17) is 0 Å². The van der Waals surface area contributed by atoms with Crippen LogP contribution in [0.2, 0.25) is 0 Å². The number of nitriles is 1. The van der Waals surface area contributed by atoms with Gasteiger partial charge in [0.1, 0.15) is 6.17 Å². The SMILES string of the molecule is CC(C)(C)S(=O)(=O)c1ccc(NC2NN([C@H]3CCCCC[C@H]3C#N)C3CCNC(=O)C23)cc1. The summed E-state index contributed by atoms with van der Waals surface area (Å²) in [6.07, 6.45) is 5.65. The fraction of sp³-hybridized carbons (Fsp3) is 0.667. The molecule has 0 bridgehead atoms. The fourth-order valence-electron chi connectivity index (χ4n) is 5.34. The molecule has 0 aromatic heterocycles. The Labute approximate surface area is 197 Å². The highest BCUT2D eigenvalue weighted by molar-refractivity contribution is 7.92. The van der Waals surface area contributed by atoms with E-state index in [0.717, 1.165) is 44.2 Å². The number of carbonyl (C=O) groups is 1. The number of rotatable bonds is 4. The summed E-state index contributed by atoms with van der Waals surface area (Å²) in [4.78, 5) is 13.1. The van der Waals surface area contributed by atoms with Crippen LogP contribution >= 0.6 is 0 Å². The molecule has 8 nitrogen and oxygen atoms in total.